The number of nitro groups is 1. The molecule has 2 aromatic heterocycles. The van der Waals surface area contributed by atoms with Crippen molar-refractivity contribution in [3.63, 3.8) is 0 Å². The number of nitrogens with zero attached hydrogens (tertiary/aromatic N) is 4. The number of fused-ring (bicyclic) bond motifs is 1. The topological polar surface area (TPSA) is 92.8 Å². The van der Waals surface area contributed by atoms with Crippen molar-refractivity contribution in [1.82, 2.24) is 14.7 Å². The fourth-order valence-electron chi connectivity index (χ4n) is 3.24. The normalized spacial score (nSPS) is 15.3. The number of thiazole rings is 1. The van der Waals surface area contributed by atoms with Gasteiger partial charge in [-0.3, -0.25) is 4.79 Å². The Labute approximate surface area is 153 Å². The van der Waals surface area contributed by atoms with E-state index in [1.54, 1.807) is 23.7 Å². The number of piperidine rings is 1. The molecule has 1 fully saturated rings. The molecule has 9 heteroatoms. The summed E-state index contributed by atoms with van der Waals surface area (Å²) in [5, 5.41) is 16.3. The van der Waals surface area contributed by atoms with E-state index in [1.807, 2.05) is 23.1 Å². The van der Waals surface area contributed by atoms with Gasteiger partial charge in [-0.2, -0.15) is 9.38 Å². The molecule has 1 amide bonds. The molecule has 0 unspecified atom stereocenters. The van der Waals surface area contributed by atoms with Crippen molar-refractivity contribution in [2.45, 2.75) is 18.9 Å². The molecule has 0 atom stereocenters. The first kappa shape index (κ1) is 16.5. The molecular formula is C17H17N5O3S. The summed E-state index contributed by atoms with van der Waals surface area (Å²) in [5.41, 5.74) is 0.639. The third-order valence-corrected chi connectivity index (χ3v) is 5.31. The SMILES string of the molecule is O=C(NC1CCN(c2nc3sccn3c2[N+](=O)[O-])CC1)c1ccccc1. The largest absolute Gasteiger partial charge is 0.373 e. The van der Waals surface area contributed by atoms with Crippen molar-refractivity contribution in [3.8, 4) is 0 Å². The molecule has 8 nitrogen and oxygen atoms in total. The number of nitrogens with one attached hydrogen (secondary N) is 1. The van der Waals surface area contributed by atoms with Gasteiger partial charge >= 0.3 is 5.82 Å². The Morgan fingerprint density at radius 2 is 2.00 bits per heavy atom. The highest BCUT2D eigenvalue weighted by molar-refractivity contribution is 7.15. The molecule has 1 saturated heterocycles. The minimum Gasteiger partial charge on any atom is -0.358 e. The molecule has 0 saturated carbocycles. The highest BCUT2D eigenvalue weighted by Gasteiger charge is 2.31. The summed E-state index contributed by atoms with van der Waals surface area (Å²) in [5.74, 6) is 0.334. The van der Waals surface area contributed by atoms with Crippen LogP contribution in [0.3, 0.4) is 0 Å². The zero-order valence-electron chi connectivity index (χ0n) is 13.9. The monoisotopic (exact) mass is 371 g/mol. The molecular weight excluding hydrogens is 354 g/mol. The quantitative estimate of drug-likeness (QED) is 0.562. The van der Waals surface area contributed by atoms with Gasteiger partial charge in [0.25, 0.3) is 10.9 Å². The van der Waals surface area contributed by atoms with Crippen LogP contribution in [0.5, 0.6) is 0 Å². The molecule has 1 aromatic carbocycles. The Morgan fingerprint density at radius 3 is 2.69 bits per heavy atom. The summed E-state index contributed by atoms with van der Waals surface area (Å²) in [6.07, 6.45) is 3.11. The molecule has 1 aliphatic rings. The molecule has 3 aromatic rings. The number of carbonyl (C=O) groups excluding carboxylic acids is 1. The van der Waals surface area contributed by atoms with Gasteiger partial charge in [-0.25, -0.2) is 0 Å². The first-order valence-corrected chi connectivity index (χ1v) is 9.22. The van der Waals surface area contributed by atoms with Crippen molar-refractivity contribution in [1.29, 1.82) is 0 Å². The highest BCUT2D eigenvalue weighted by Crippen LogP contribution is 2.32. The van der Waals surface area contributed by atoms with Gasteiger partial charge in [-0.1, -0.05) is 29.5 Å². The summed E-state index contributed by atoms with van der Waals surface area (Å²) < 4.78 is 1.52. The molecule has 0 aliphatic carbocycles. The molecule has 0 spiro atoms. The molecule has 26 heavy (non-hydrogen) atoms. The van der Waals surface area contributed by atoms with E-state index in [-0.39, 0.29) is 22.7 Å². The maximum absolute atomic E-state index is 12.3. The summed E-state index contributed by atoms with van der Waals surface area (Å²) in [7, 11) is 0. The van der Waals surface area contributed by atoms with E-state index in [1.165, 1.54) is 15.7 Å². The minimum atomic E-state index is -0.384. The maximum Gasteiger partial charge on any atom is 0.373 e. The van der Waals surface area contributed by atoms with Gasteiger partial charge in [-0.05, 0) is 29.9 Å². The smallest absolute Gasteiger partial charge is 0.358 e. The van der Waals surface area contributed by atoms with Crippen molar-refractivity contribution in [2.24, 2.45) is 0 Å². The zero-order chi connectivity index (χ0) is 18.1. The van der Waals surface area contributed by atoms with Crippen molar-refractivity contribution in [3.05, 3.63) is 57.6 Å². The van der Waals surface area contributed by atoms with Crippen LogP contribution in [0, 0.1) is 10.1 Å². The number of hydrogen-bond acceptors (Lipinski definition) is 6. The predicted octanol–water partition coefficient (Wildman–Crippen LogP) is 2.70. The molecule has 0 bridgehead atoms. The molecule has 1 N–H and O–H groups in total. The fraction of sp³-hybridized carbons (Fsp3) is 0.294. The lowest BCUT2D eigenvalue weighted by molar-refractivity contribution is -0.389. The Balaban J connectivity index is 1.44. The Hall–Kier alpha value is -2.94. The van der Waals surface area contributed by atoms with Gasteiger partial charge in [0, 0.05) is 30.1 Å². The number of amides is 1. The first-order valence-electron chi connectivity index (χ1n) is 8.34. The van der Waals surface area contributed by atoms with E-state index in [9.17, 15) is 14.9 Å². The maximum atomic E-state index is 12.3. The third kappa shape index (κ3) is 3.01. The number of hydrogen-bond donors (Lipinski definition) is 1. The molecule has 0 radical (unpaired) electrons. The lowest BCUT2D eigenvalue weighted by Crippen LogP contribution is -2.45. The van der Waals surface area contributed by atoms with E-state index in [4.69, 9.17) is 0 Å². The van der Waals surface area contributed by atoms with Crippen LogP contribution in [-0.4, -0.2) is 39.3 Å². The van der Waals surface area contributed by atoms with Gasteiger partial charge in [0.1, 0.15) is 6.20 Å². The van der Waals surface area contributed by atoms with Gasteiger partial charge in [-0.15, -0.1) is 0 Å². The summed E-state index contributed by atoms with van der Waals surface area (Å²) >= 11 is 1.37. The number of aromatic nitrogens is 2. The van der Waals surface area contributed by atoms with Crippen LogP contribution in [-0.2, 0) is 0 Å². The lowest BCUT2D eigenvalue weighted by Gasteiger charge is -2.32. The Morgan fingerprint density at radius 1 is 1.27 bits per heavy atom. The van der Waals surface area contributed by atoms with Crippen LogP contribution in [0.2, 0.25) is 0 Å². The number of rotatable bonds is 4. The molecule has 1 aliphatic heterocycles. The summed E-state index contributed by atoms with van der Waals surface area (Å²) in [4.78, 5) is 30.3. The molecule has 4 rings (SSSR count). The second-order valence-corrected chi connectivity index (χ2v) is 7.05. The van der Waals surface area contributed by atoms with Crippen LogP contribution in [0.4, 0.5) is 11.6 Å². The second kappa shape index (κ2) is 6.75. The average Bonchev–Trinajstić information content (AvgIpc) is 3.23. The second-order valence-electron chi connectivity index (χ2n) is 6.17. The highest BCUT2D eigenvalue weighted by atomic mass is 32.1. The van der Waals surface area contributed by atoms with Crippen LogP contribution in [0.15, 0.2) is 41.9 Å². The van der Waals surface area contributed by atoms with E-state index < -0.39 is 0 Å². The fourth-order valence-corrected chi connectivity index (χ4v) is 3.94. The first-order chi connectivity index (χ1) is 12.6. The van der Waals surface area contributed by atoms with Crippen molar-refractivity contribution < 1.29 is 9.72 Å². The Bertz CT molecular complexity index is 944. The van der Waals surface area contributed by atoms with Gasteiger partial charge in [0.05, 0.1) is 0 Å². The van der Waals surface area contributed by atoms with Gasteiger partial charge < -0.3 is 20.3 Å². The predicted molar refractivity (Wildman–Crippen MR) is 98.9 cm³/mol. The van der Waals surface area contributed by atoms with Gasteiger partial charge in [0.15, 0.2) is 0 Å². The Kier molecular flexibility index (Phi) is 4.29. The number of benzene rings is 1. The molecule has 134 valence electrons. The third-order valence-electron chi connectivity index (χ3n) is 4.56. The van der Waals surface area contributed by atoms with Crippen LogP contribution in [0.25, 0.3) is 4.96 Å². The van der Waals surface area contributed by atoms with Crippen molar-refractivity contribution in [2.75, 3.05) is 18.0 Å². The van der Waals surface area contributed by atoms with Crippen molar-refractivity contribution >= 4 is 33.8 Å². The number of anilines is 1. The number of carbonyl (C=O) groups is 1. The van der Waals surface area contributed by atoms with Crippen LogP contribution < -0.4 is 10.2 Å². The van der Waals surface area contributed by atoms with Crippen LogP contribution in [0.1, 0.15) is 23.2 Å². The summed E-state index contributed by atoms with van der Waals surface area (Å²) in [6, 6.07) is 9.17. The average molecular weight is 371 g/mol. The lowest BCUT2D eigenvalue weighted by atomic mass is 10.0. The van der Waals surface area contributed by atoms with E-state index in [2.05, 4.69) is 10.3 Å². The van der Waals surface area contributed by atoms with Gasteiger partial charge in [0.2, 0.25) is 5.82 Å². The van der Waals surface area contributed by atoms with E-state index >= 15 is 0 Å². The van der Waals surface area contributed by atoms with E-state index in [0.29, 0.717) is 29.4 Å². The zero-order valence-corrected chi connectivity index (χ0v) is 14.7. The van der Waals surface area contributed by atoms with E-state index in [0.717, 1.165) is 12.8 Å². The molecule has 3 heterocycles. The number of imidazole rings is 1. The van der Waals surface area contributed by atoms with Crippen LogP contribution >= 0.6 is 11.3 Å². The minimum absolute atomic E-state index is 0.00743. The summed E-state index contributed by atoms with van der Waals surface area (Å²) in [6.45, 7) is 1.23. The standard InChI is InChI=1S/C17H17N5O3S/c23-15(12-4-2-1-3-5-12)18-13-6-8-20(9-7-13)14-16(22(24)25)21-10-11-26-17(21)19-14/h1-5,10-11,13H,6-9H2,(H,18,23).